The van der Waals surface area contributed by atoms with Crippen molar-refractivity contribution in [2.45, 2.75) is 25.3 Å². The number of hydrogen-bond donors (Lipinski definition) is 2. The standard InChI is InChI=1S/C8H17N3O/c1-11(2)10-8(12)7-5-3-4-6-9-7/h7,9H,3-6H2,1-2H3,(H,10,12). The van der Waals surface area contributed by atoms with Crippen LogP contribution in [0, 0.1) is 0 Å². The predicted molar refractivity (Wildman–Crippen MR) is 47.5 cm³/mol. The number of amides is 1. The summed E-state index contributed by atoms with van der Waals surface area (Å²) in [4.78, 5) is 11.4. The maximum absolute atomic E-state index is 11.4. The summed E-state index contributed by atoms with van der Waals surface area (Å²) in [7, 11) is 3.64. The minimum absolute atomic E-state index is 0.0150. The van der Waals surface area contributed by atoms with Crippen LogP contribution in [0.25, 0.3) is 0 Å². The van der Waals surface area contributed by atoms with Crippen LogP contribution >= 0.6 is 0 Å². The lowest BCUT2D eigenvalue weighted by Crippen LogP contribution is -2.50. The molecule has 12 heavy (non-hydrogen) atoms. The molecule has 1 aliphatic rings. The number of carbonyl (C=O) groups excluding carboxylic acids is 1. The van der Waals surface area contributed by atoms with E-state index >= 15 is 0 Å². The van der Waals surface area contributed by atoms with E-state index in [1.807, 2.05) is 14.1 Å². The predicted octanol–water partition coefficient (Wildman–Crippen LogP) is -0.279. The summed E-state index contributed by atoms with van der Waals surface area (Å²) in [6, 6.07) is 0.0150. The van der Waals surface area contributed by atoms with Crippen molar-refractivity contribution < 1.29 is 4.79 Å². The summed E-state index contributed by atoms with van der Waals surface area (Å²) < 4.78 is 0. The molecule has 0 aromatic rings. The molecule has 0 bridgehead atoms. The van der Waals surface area contributed by atoms with E-state index in [9.17, 15) is 4.79 Å². The van der Waals surface area contributed by atoms with Gasteiger partial charge in [0.05, 0.1) is 6.04 Å². The molecule has 0 aliphatic carbocycles. The van der Waals surface area contributed by atoms with Crippen LogP contribution < -0.4 is 10.7 Å². The van der Waals surface area contributed by atoms with E-state index in [0.29, 0.717) is 0 Å². The van der Waals surface area contributed by atoms with Crippen LogP contribution in [-0.4, -0.2) is 37.6 Å². The molecule has 1 aliphatic heterocycles. The van der Waals surface area contributed by atoms with E-state index in [0.717, 1.165) is 19.4 Å². The molecular weight excluding hydrogens is 154 g/mol. The Labute approximate surface area is 73.3 Å². The van der Waals surface area contributed by atoms with Crippen molar-refractivity contribution in [1.29, 1.82) is 0 Å². The van der Waals surface area contributed by atoms with Gasteiger partial charge in [-0.05, 0) is 19.4 Å². The second-order valence-electron chi connectivity index (χ2n) is 3.37. The highest BCUT2D eigenvalue weighted by Gasteiger charge is 2.20. The normalized spacial score (nSPS) is 24.1. The second-order valence-corrected chi connectivity index (χ2v) is 3.37. The first-order chi connectivity index (χ1) is 5.70. The van der Waals surface area contributed by atoms with Crippen LogP contribution in [0.5, 0.6) is 0 Å². The maximum Gasteiger partial charge on any atom is 0.251 e. The Morgan fingerprint density at radius 3 is 2.75 bits per heavy atom. The Morgan fingerprint density at radius 2 is 2.25 bits per heavy atom. The average molecular weight is 171 g/mol. The highest BCUT2D eigenvalue weighted by molar-refractivity contribution is 5.81. The lowest BCUT2D eigenvalue weighted by Gasteiger charge is -2.24. The highest BCUT2D eigenvalue weighted by Crippen LogP contribution is 2.06. The van der Waals surface area contributed by atoms with Gasteiger partial charge in [-0.25, -0.2) is 5.01 Å². The van der Waals surface area contributed by atoms with Crippen LogP contribution in [0.1, 0.15) is 19.3 Å². The third-order valence-electron chi connectivity index (χ3n) is 1.96. The van der Waals surface area contributed by atoms with Gasteiger partial charge in [0, 0.05) is 14.1 Å². The molecule has 1 heterocycles. The molecule has 0 saturated carbocycles. The van der Waals surface area contributed by atoms with Crippen molar-refractivity contribution in [3.63, 3.8) is 0 Å². The van der Waals surface area contributed by atoms with Crippen molar-refractivity contribution in [1.82, 2.24) is 15.8 Å². The Balaban J connectivity index is 2.30. The summed E-state index contributed by atoms with van der Waals surface area (Å²) >= 11 is 0. The Hall–Kier alpha value is -0.610. The highest BCUT2D eigenvalue weighted by atomic mass is 16.2. The fourth-order valence-corrected chi connectivity index (χ4v) is 1.37. The van der Waals surface area contributed by atoms with E-state index in [-0.39, 0.29) is 11.9 Å². The van der Waals surface area contributed by atoms with E-state index in [2.05, 4.69) is 10.7 Å². The molecule has 4 nitrogen and oxygen atoms in total. The van der Waals surface area contributed by atoms with Gasteiger partial charge in [-0.2, -0.15) is 0 Å². The van der Waals surface area contributed by atoms with E-state index in [4.69, 9.17) is 0 Å². The van der Waals surface area contributed by atoms with Gasteiger partial charge in [-0.1, -0.05) is 6.42 Å². The van der Waals surface area contributed by atoms with Crippen molar-refractivity contribution in [3.8, 4) is 0 Å². The topological polar surface area (TPSA) is 44.4 Å². The van der Waals surface area contributed by atoms with Gasteiger partial charge in [0.25, 0.3) is 5.91 Å². The molecule has 1 fully saturated rings. The van der Waals surface area contributed by atoms with Gasteiger partial charge in [0.2, 0.25) is 0 Å². The third kappa shape index (κ3) is 2.79. The fraction of sp³-hybridized carbons (Fsp3) is 0.875. The quantitative estimate of drug-likeness (QED) is 0.562. The number of nitrogens with zero attached hydrogens (tertiary/aromatic N) is 1. The molecule has 1 amide bonds. The van der Waals surface area contributed by atoms with Gasteiger partial charge < -0.3 is 5.32 Å². The molecule has 0 aromatic carbocycles. The zero-order chi connectivity index (χ0) is 8.97. The molecule has 4 heteroatoms. The number of carbonyl (C=O) groups is 1. The molecule has 1 atom stereocenters. The van der Waals surface area contributed by atoms with Crippen molar-refractivity contribution in [3.05, 3.63) is 0 Å². The smallest absolute Gasteiger partial charge is 0.251 e. The molecule has 1 unspecified atom stereocenters. The van der Waals surface area contributed by atoms with Crippen LogP contribution in [0.4, 0.5) is 0 Å². The van der Waals surface area contributed by atoms with Crippen LogP contribution in [0.3, 0.4) is 0 Å². The Bertz CT molecular complexity index is 152. The van der Waals surface area contributed by atoms with Crippen LogP contribution in [-0.2, 0) is 4.79 Å². The van der Waals surface area contributed by atoms with E-state index in [1.165, 1.54) is 6.42 Å². The maximum atomic E-state index is 11.4. The lowest BCUT2D eigenvalue weighted by atomic mass is 10.0. The Morgan fingerprint density at radius 1 is 1.50 bits per heavy atom. The first-order valence-electron chi connectivity index (χ1n) is 4.41. The summed E-state index contributed by atoms with van der Waals surface area (Å²) in [5.74, 6) is 0.0831. The molecule has 1 rings (SSSR count). The molecule has 0 spiro atoms. The van der Waals surface area contributed by atoms with Gasteiger partial charge in [0.15, 0.2) is 0 Å². The summed E-state index contributed by atoms with van der Waals surface area (Å²) in [5.41, 5.74) is 2.74. The number of piperidine rings is 1. The second kappa shape index (κ2) is 4.42. The van der Waals surface area contributed by atoms with Gasteiger partial charge in [-0.15, -0.1) is 0 Å². The molecule has 0 radical (unpaired) electrons. The third-order valence-corrected chi connectivity index (χ3v) is 1.96. The molecule has 1 saturated heterocycles. The van der Waals surface area contributed by atoms with Crippen molar-refractivity contribution in [2.75, 3.05) is 20.6 Å². The van der Waals surface area contributed by atoms with Gasteiger partial charge >= 0.3 is 0 Å². The number of nitrogens with one attached hydrogen (secondary N) is 2. The number of rotatable bonds is 2. The largest absolute Gasteiger partial charge is 0.306 e. The Kier molecular flexibility index (Phi) is 3.49. The van der Waals surface area contributed by atoms with Crippen LogP contribution in [0.2, 0.25) is 0 Å². The first-order valence-corrected chi connectivity index (χ1v) is 4.41. The van der Waals surface area contributed by atoms with Crippen molar-refractivity contribution in [2.24, 2.45) is 0 Å². The zero-order valence-electron chi connectivity index (χ0n) is 7.76. The van der Waals surface area contributed by atoms with Crippen molar-refractivity contribution >= 4 is 5.91 Å². The first kappa shape index (κ1) is 9.48. The van der Waals surface area contributed by atoms with E-state index in [1.54, 1.807) is 5.01 Å². The van der Waals surface area contributed by atoms with Crippen LogP contribution in [0.15, 0.2) is 0 Å². The molecule has 2 N–H and O–H groups in total. The zero-order valence-corrected chi connectivity index (χ0v) is 7.76. The summed E-state index contributed by atoms with van der Waals surface area (Å²) in [6.07, 6.45) is 3.30. The number of hydrogen-bond acceptors (Lipinski definition) is 3. The minimum atomic E-state index is 0.0150. The monoisotopic (exact) mass is 171 g/mol. The molecular formula is C8H17N3O. The fourth-order valence-electron chi connectivity index (χ4n) is 1.37. The molecule has 70 valence electrons. The minimum Gasteiger partial charge on any atom is -0.306 e. The lowest BCUT2D eigenvalue weighted by molar-refractivity contribution is -0.127. The molecule has 0 aromatic heterocycles. The van der Waals surface area contributed by atoms with Gasteiger partial charge in [0.1, 0.15) is 0 Å². The average Bonchev–Trinajstić information content (AvgIpc) is 2.05. The number of hydrazine groups is 1. The SMILES string of the molecule is CN(C)NC(=O)C1CCCCN1. The van der Waals surface area contributed by atoms with Gasteiger partial charge in [-0.3, -0.25) is 10.2 Å². The van der Waals surface area contributed by atoms with E-state index < -0.39 is 0 Å². The summed E-state index contributed by atoms with van der Waals surface area (Å²) in [6.45, 7) is 0.964. The summed E-state index contributed by atoms with van der Waals surface area (Å²) in [5, 5.41) is 4.86.